The second-order valence-electron chi connectivity index (χ2n) is 18.5. The van der Waals surface area contributed by atoms with E-state index in [2.05, 4.69) is 38.3 Å². The van der Waals surface area contributed by atoms with E-state index in [9.17, 15) is 9.59 Å². The smallest absolute Gasteiger partial charge is 0.308 e. The number of carbonyl (C=O) groups excluding carboxylic acids is 2. The van der Waals surface area contributed by atoms with Crippen LogP contribution in [-0.4, -0.2) is 50.3 Å². The number of nitrogens with one attached hydrogen (secondary N) is 2. The number of rotatable bonds is 44. The fourth-order valence-corrected chi connectivity index (χ4v) is 9.03. The van der Waals surface area contributed by atoms with Gasteiger partial charge in [-0.3, -0.25) is 9.59 Å². The quantitative estimate of drug-likeness (QED) is 0.0471. The van der Waals surface area contributed by atoms with E-state index in [1.54, 1.807) is 0 Å². The van der Waals surface area contributed by atoms with Crippen LogP contribution in [0.3, 0.4) is 0 Å². The average Bonchev–Trinajstić information content (AvgIpc) is 3.23. The number of carbonyl (C=O) groups is 2. The fourth-order valence-electron chi connectivity index (χ4n) is 9.03. The van der Waals surface area contributed by atoms with Gasteiger partial charge in [0, 0.05) is 12.1 Å². The monoisotopic (exact) mass is 819 g/mol. The first kappa shape index (κ1) is 54.9. The number of hydrogen-bond acceptors (Lipinski definition) is 6. The van der Waals surface area contributed by atoms with Crippen molar-refractivity contribution in [1.82, 2.24) is 10.6 Å². The zero-order valence-corrected chi connectivity index (χ0v) is 39.6. The maximum absolute atomic E-state index is 12.9. The van der Waals surface area contributed by atoms with Crippen molar-refractivity contribution in [2.75, 3.05) is 26.3 Å². The minimum atomic E-state index is 0.0785. The van der Waals surface area contributed by atoms with Crippen LogP contribution in [-0.2, 0) is 19.1 Å². The van der Waals surface area contributed by atoms with E-state index >= 15 is 0 Å². The van der Waals surface area contributed by atoms with Crippen LogP contribution < -0.4 is 10.6 Å². The van der Waals surface area contributed by atoms with Crippen LogP contribution in [0.1, 0.15) is 272 Å². The van der Waals surface area contributed by atoms with Crippen LogP contribution >= 0.6 is 0 Å². The summed E-state index contributed by atoms with van der Waals surface area (Å²) in [5.41, 5.74) is 0. The van der Waals surface area contributed by atoms with E-state index < -0.39 is 0 Å². The summed E-state index contributed by atoms with van der Waals surface area (Å²) < 4.78 is 11.6. The van der Waals surface area contributed by atoms with Gasteiger partial charge in [0.2, 0.25) is 0 Å². The lowest BCUT2D eigenvalue weighted by Gasteiger charge is -2.33. The predicted molar refractivity (Wildman–Crippen MR) is 251 cm³/mol. The molecule has 0 aromatic heterocycles. The predicted octanol–water partition coefficient (Wildman–Crippen LogP) is 15.1. The topological polar surface area (TPSA) is 76.7 Å². The Morgan fingerprint density at radius 2 is 0.672 bits per heavy atom. The molecule has 0 amide bonds. The zero-order chi connectivity index (χ0) is 42.0. The highest BCUT2D eigenvalue weighted by Crippen LogP contribution is 2.23. The van der Waals surface area contributed by atoms with Crippen LogP contribution in [0.5, 0.6) is 0 Å². The van der Waals surface area contributed by atoms with E-state index in [4.69, 9.17) is 9.47 Å². The van der Waals surface area contributed by atoms with Crippen molar-refractivity contribution in [3.8, 4) is 0 Å². The maximum atomic E-state index is 12.9. The molecule has 6 heteroatoms. The second-order valence-corrected chi connectivity index (χ2v) is 18.5. The molecule has 58 heavy (non-hydrogen) atoms. The van der Waals surface area contributed by atoms with Gasteiger partial charge in [0.25, 0.3) is 0 Å². The van der Waals surface area contributed by atoms with Crippen molar-refractivity contribution in [3.05, 3.63) is 0 Å². The summed E-state index contributed by atoms with van der Waals surface area (Å²) in [5, 5.41) is 7.83. The van der Waals surface area contributed by atoms with Crippen molar-refractivity contribution in [3.63, 3.8) is 0 Å². The van der Waals surface area contributed by atoms with E-state index in [0.29, 0.717) is 25.3 Å². The molecule has 0 saturated heterocycles. The summed E-state index contributed by atoms with van der Waals surface area (Å²) in [7, 11) is 0. The van der Waals surface area contributed by atoms with Crippen molar-refractivity contribution in [2.45, 2.75) is 284 Å². The molecule has 4 unspecified atom stereocenters. The molecule has 0 spiro atoms. The third-order valence-electron chi connectivity index (χ3n) is 13.0. The first-order valence-corrected chi connectivity index (χ1v) is 26.4. The molecule has 344 valence electrons. The third-order valence-corrected chi connectivity index (χ3v) is 13.0. The Morgan fingerprint density at radius 3 is 1.02 bits per heavy atom. The molecule has 4 atom stereocenters. The standard InChI is InChI=1S/C52H102N2O4/c1-5-9-13-17-21-29-39-47(37-27-15-11-7-3)51(55)57-45-35-25-19-23-33-43-53-49-41-31-32-42-50(49)54-44-34-24-20-26-36-46-58-52(56)48(38-28-16-12-8-4)40-30-22-18-14-10-6-2/h47-50,53-54H,5-46H2,1-4H3. The highest BCUT2D eigenvalue weighted by Gasteiger charge is 2.24. The Kier molecular flexibility index (Phi) is 40.3. The summed E-state index contributed by atoms with van der Waals surface area (Å²) >= 11 is 0. The van der Waals surface area contributed by atoms with Gasteiger partial charge in [0.1, 0.15) is 0 Å². The molecule has 0 aromatic carbocycles. The van der Waals surface area contributed by atoms with Gasteiger partial charge in [0.15, 0.2) is 0 Å². The fraction of sp³-hybridized carbons (Fsp3) is 0.962. The summed E-state index contributed by atoms with van der Waals surface area (Å²) in [6.45, 7) is 12.5. The molecular weight excluding hydrogens is 717 g/mol. The molecule has 0 aliphatic heterocycles. The minimum absolute atomic E-state index is 0.0785. The summed E-state index contributed by atoms with van der Waals surface area (Å²) in [4.78, 5) is 25.9. The minimum Gasteiger partial charge on any atom is -0.465 e. The van der Waals surface area contributed by atoms with Gasteiger partial charge < -0.3 is 20.1 Å². The Balaban J connectivity index is 2.14. The molecular formula is C52H102N2O4. The lowest BCUT2D eigenvalue weighted by Crippen LogP contribution is -2.50. The second kappa shape index (κ2) is 42.5. The Morgan fingerprint density at radius 1 is 0.397 bits per heavy atom. The van der Waals surface area contributed by atoms with Crippen LogP contribution in [0, 0.1) is 11.8 Å². The van der Waals surface area contributed by atoms with Crippen LogP contribution in [0.15, 0.2) is 0 Å². The summed E-state index contributed by atoms with van der Waals surface area (Å²) in [6, 6.07) is 1.20. The summed E-state index contributed by atoms with van der Waals surface area (Å²) in [6.07, 6.45) is 46.3. The number of hydrogen-bond donors (Lipinski definition) is 2. The normalized spacial score (nSPS) is 16.7. The maximum Gasteiger partial charge on any atom is 0.308 e. The highest BCUT2D eigenvalue weighted by molar-refractivity contribution is 5.72. The Hall–Kier alpha value is -1.14. The van der Waals surface area contributed by atoms with Crippen LogP contribution in [0.25, 0.3) is 0 Å². The van der Waals surface area contributed by atoms with E-state index in [-0.39, 0.29) is 23.8 Å². The number of ether oxygens (including phenoxy) is 2. The third kappa shape index (κ3) is 32.6. The van der Waals surface area contributed by atoms with Crippen LogP contribution in [0.4, 0.5) is 0 Å². The van der Waals surface area contributed by atoms with Crippen molar-refractivity contribution in [1.29, 1.82) is 0 Å². The van der Waals surface area contributed by atoms with Gasteiger partial charge >= 0.3 is 11.9 Å². The Bertz CT molecular complexity index is 813. The zero-order valence-electron chi connectivity index (χ0n) is 39.6. The molecule has 0 radical (unpaired) electrons. The lowest BCUT2D eigenvalue weighted by molar-refractivity contribution is -0.150. The molecule has 0 aromatic rings. The summed E-state index contributed by atoms with van der Waals surface area (Å²) in [5.74, 6) is 0.387. The molecule has 0 bridgehead atoms. The van der Waals surface area contributed by atoms with Gasteiger partial charge in [-0.15, -0.1) is 0 Å². The molecule has 1 fully saturated rings. The van der Waals surface area contributed by atoms with Gasteiger partial charge in [-0.1, -0.05) is 207 Å². The molecule has 0 heterocycles. The number of unbranched alkanes of at least 4 members (excludes halogenated alkanes) is 24. The average molecular weight is 819 g/mol. The van der Waals surface area contributed by atoms with E-state index in [0.717, 1.165) is 77.3 Å². The highest BCUT2D eigenvalue weighted by atomic mass is 16.5. The van der Waals surface area contributed by atoms with Gasteiger partial charge in [0.05, 0.1) is 25.0 Å². The van der Waals surface area contributed by atoms with E-state index in [1.165, 1.54) is 180 Å². The SMILES string of the molecule is CCCCCCCCC(CCCCCC)C(=O)OCCCCCCCNC1CCCCC1NCCCCCCCOC(=O)C(CCCCCC)CCCCCCCC. The molecule has 1 aliphatic carbocycles. The molecule has 6 nitrogen and oxygen atoms in total. The van der Waals surface area contributed by atoms with E-state index in [1.807, 2.05) is 0 Å². The number of esters is 2. The largest absolute Gasteiger partial charge is 0.465 e. The molecule has 2 N–H and O–H groups in total. The van der Waals surface area contributed by atoms with Crippen molar-refractivity contribution < 1.29 is 19.1 Å². The lowest BCUT2D eigenvalue weighted by atomic mass is 9.90. The van der Waals surface area contributed by atoms with Gasteiger partial charge in [-0.05, 0) is 77.3 Å². The first-order valence-electron chi connectivity index (χ1n) is 26.4. The van der Waals surface area contributed by atoms with Crippen molar-refractivity contribution >= 4 is 11.9 Å². The molecule has 1 saturated carbocycles. The van der Waals surface area contributed by atoms with Crippen LogP contribution in [0.2, 0.25) is 0 Å². The molecule has 1 aliphatic rings. The van der Waals surface area contributed by atoms with Crippen molar-refractivity contribution in [2.24, 2.45) is 11.8 Å². The van der Waals surface area contributed by atoms with Gasteiger partial charge in [-0.25, -0.2) is 0 Å². The first-order chi connectivity index (χ1) is 28.6. The molecule has 1 rings (SSSR count). The van der Waals surface area contributed by atoms with Gasteiger partial charge in [-0.2, -0.15) is 0 Å². The Labute approximate surface area is 362 Å².